The van der Waals surface area contributed by atoms with Crippen LogP contribution in [-0.4, -0.2) is 11.4 Å². The maximum Gasteiger partial charge on any atom is 0.150 e. The van der Waals surface area contributed by atoms with Gasteiger partial charge in [-0.05, 0) is 23.4 Å². The normalized spacial score (nSPS) is 10.7. The van der Waals surface area contributed by atoms with Crippen molar-refractivity contribution in [3.05, 3.63) is 34.2 Å². The second-order valence-corrected chi connectivity index (χ2v) is 4.09. The first-order valence-corrected chi connectivity index (χ1v) is 5.21. The van der Waals surface area contributed by atoms with E-state index in [-0.39, 0.29) is 6.61 Å². The van der Waals surface area contributed by atoms with E-state index in [9.17, 15) is 4.79 Å². The molecule has 0 fully saturated rings. The van der Waals surface area contributed by atoms with Gasteiger partial charge in [-0.3, -0.25) is 4.79 Å². The Labute approximate surface area is 85.8 Å². The zero-order valence-electron chi connectivity index (χ0n) is 7.78. The highest BCUT2D eigenvalue weighted by atomic mass is 32.1. The van der Waals surface area contributed by atoms with E-state index in [4.69, 9.17) is 5.11 Å². The summed E-state index contributed by atoms with van der Waals surface area (Å²) in [7, 11) is 0. The van der Waals surface area contributed by atoms with Crippen LogP contribution in [0, 0.1) is 6.92 Å². The molecule has 14 heavy (non-hydrogen) atoms. The van der Waals surface area contributed by atoms with Crippen LogP contribution in [0.25, 0.3) is 10.1 Å². The van der Waals surface area contributed by atoms with Crippen molar-refractivity contribution in [3.63, 3.8) is 0 Å². The van der Waals surface area contributed by atoms with Crippen LogP contribution in [0.2, 0.25) is 0 Å². The average Bonchev–Trinajstić information content (AvgIpc) is 2.63. The standard InChI is InChI=1S/C11H10O2S/c1-7-2-3-8(4-12)10-9(5-13)6-14-11(7)10/h2-4,6,13H,5H2,1H3. The molecular weight excluding hydrogens is 196 g/mol. The van der Waals surface area contributed by atoms with Crippen molar-refractivity contribution in [2.75, 3.05) is 0 Å². The minimum absolute atomic E-state index is 0.00963. The Bertz CT molecular complexity index is 485. The average molecular weight is 206 g/mol. The number of aryl methyl sites for hydroxylation is 1. The van der Waals surface area contributed by atoms with Crippen LogP contribution in [0.1, 0.15) is 21.5 Å². The fourth-order valence-electron chi connectivity index (χ4n) is 1.59. The number of aldehydes is 1. The molecule has 0 aliphatic heterocycles. The van der Waals surface area contributed by atoms with Crippen LogP contribution < -0.4 is 0 Å². The number of carbonyl (C=O) groups excluding carboxylic acids is 1. The molecule has 2 aromatic rings. The molecule has 1 aromatic heterocycles. The largest absolute Gasteiger partial charge is 0.392 e. The molecule has 1 aromatic carbocycles. The van der Waals surface area contributed by atoms with Crippen molar-refractivity contribution in [3.8, 4) is 0 Å². The van der Waals surface area contributed by atoms with Crippen LogP contribution in [0.5, 0.6) is 0 Å². The smallest absolute Gasteiger partial charge is 0.150 e. The van der Waals surface area contributed by atoms with E-state index in [1.165, 1.54) is 0 Å². The van der Waals surface area contributed by atoms with Gasteiger partial charge in [0.1, 0.15) is 0 Å². The molecule has 0 amide bonds. The van der Waals surface area contributed by atoms with E-state index in [2.05, 4.69) is 0 Å². The van der Waals surface area contributed by atoms with Gasteiger partial charge in [0.15, 0.2) is 6.29 Å². The summed E-state index contributed by atoms with van der Waals surface area (Å²) in [4.78, 5) is 10.8. The van der Waals surface area contributed by atoms with Gasteiger partial charge in [0, 0.05) is 15.6 Å². The van der Waals surface area contributed by atoms with Crippen LogP contribution >= 0.6 is 11.3 Å². The molecular formula is C11H10O2S. The third-order valence-electron chi connectivity index (χ3n) is 2.32. The van der Waals surface area contributed by atoms with E-state index >= 15 is 0 Å². The summed E-state index contributed by atoms with van der Waals surface area (Å²) in [6, 6.07) is 3.74. The lowest BCUT2D eigenvalue weighted by molar-refractivity contribution is 0.112. The first kappa shape index (κ1) is 9.37. The van der Waals surface area contributed by atoms with E-state index in [0.717, 1.165) is 27.5 Å². The highest BCUT2D eigenvalue weighted by Crippen LogP contribution is 2.31. The van der Waals surface area contributed by atoms with Gasteiger partial charge < -0.3 is 5.11 Å². The van der Waals surface area contributed by atoms with E-state index in [1.54, 1.807) is 17.4 Å². The molecule has 0 saturated heterocycles. The molecule has 1 N–H and O–H groups in total. The Morgan fingerprint density at radius 2 is 2.29 bits per heavy atom. The maximum absolute atomic E-state index is 10.8. The topological polar surface area (TPSA) is 37.3 Å². The summed E-state index contributed by atoms with van der Waals surface area (Å²) in [5, 5.41) is 11.9. The van der Waals surface area contributed by atoms with Crippen molar-refractivity contribution in [1.82, 2.24) is 0 Å². The van der Waals surface area contributed by atoms with Crippen molar-refractivity contribution >= 4 is 27.7 Å². The summed E-state index contributed by atoms with van der Waals surface area (Å²) in [6.45, 7) is 2.00. The highest BCUT2D eigenvalue weighted by Gasteiger charge is 2.09. The Hall–Kier alpha value is -1.19. The molecule has 0 aliphatic rings. The Balaban J connectivity index is 2.88. The maximum atomic E-state index is 10.8. The molecule has 0 saturated carbocycles. The number of benzene rings is 1. The third-order valence-corrected chi connectivity index (χ3v) is 3.49. The summed E-state index contributed by atoms with van der Waals surface area (Å²) in [5.41, 5.74) is 2.65. The van der Waals surface area contributed by atoms with Crippen LogP contribution in [0.3, 0.4) is 0 Å². The van der Waals surface area contributed by atoms with E-state index < -0.39 is 0 Å². The van der Waals surface area contributed by atoms with Crippen molar-refractivity contribution in [2.24, 2.45) is 0 Å². The molecule has 0 spiro atoms. The Kier molecular flexibility index (Phi) is 2.35. The van der Waals surface area contributed by atoms with Crippen LogP contribution in [-0.2, 0) is 6.61 Å². The number of rotatable bonds is 2. The first-order chi connectivity index (χ1) is 6.77. The second-order valence-electron chi connectivity index (χ2n) is 3.21. The quantitative estimate of drug-likeness (QED) is 0.766. The second kappa shape index (κ2) is 3.52. The van der Waals surface area contributed by atoms with Gasteiger partial charge >= 0.3 is 0 Å². The van der Waals surface area contributed by atoms with Crippen molar-refractivity contribution in [1.29, 1.82) is 0 Å². The van der Waals surface area contributed by atoms with Crippen LogP contribution in [0.15, 0.2) is 17.5 Å². The fraction of sp³-hybridized carbons (Fsp3) is 0.182. The SMILES string of the molecule is Cc1ccc(C=O)c2c(CO)csc12. The van der Waals surface area contributed by atoms with Gasteiger partial charge in [0.2, 0.25) is 0 Å². The van der Waals surface area contributed by atoms with Gasteiger partial charge in [0.25, 0.3) is 0 Å². The van der Waals surface area contributed by atoms with E-state index in [0.29, 0.717) is 5.56 Å². The highest BCUT2D eigenvalue weighted by molar-refractivity contribution is 7.17. The zero-order chi connectivity index (χ0) is 10.1. The molecule has 72 valence electrons. The molecule has 1 heterocycles. The molecule has 0 unspecified atom stereocenters. The summed E-state index contributed by atoms with van der Waals surface area (Å²) in [5.74, 6) is 0. The lowest BCUT2D eigenvalue weighted by Gasteiger charge is -2.00. The van der Waals surface area contributed by atoms with Gasteiger partial charge in [-0.1, -0.05) is 12.1 Å². The lowest BCUT2D eigenvalue weighted by Crippen LogP contribution is -1.87. The number of thiophene rings is 1. The predicted molar refractivity (Wildman–Crippen MR) is 57.9 cm³/mol. The molecule has 2 nitrogen and oxygen atoms in total. The minimum atomic E-state index is -0.00963. The Morgan fingerprint density at radius 3 is 2.93 bits per heavy atom. The van der Waals surface area contributed by atoms with Gasteiger partial charge in [0.05, 0.1) is 6.61 Å². The minimum Gasteiger partial charge on any atom is -0.392 e. The van der Waals surface area contributed by atoms with Gasteiger partial charge in [-0.2, -0.15) is 0 Å². The molecule has 3 heteroatoms. The summed E-state index contributed by atoms with van der Waals surface area (Å²) < 4.78 is 1.10. The zero-order valence-corrected chi connectivity index (χ0v) is 8.60. The number of fused-ring (bicyclic) bond motifs is 1. The number of aliphatic hydroxyl groups excluding tert-OH is 1. The molecule has 2 rings (SSSR count). The van der Waals surface area contributed by atoms with Gasteiger partial charge in [-0.15, -0.1) is 11.3 Å². The number of hydrogen-bond acceptors (Lipinski definition) is 3. The molecule has 0 aliphatic carbocycles. The summed E-state index contributed by atoms with van der Waals surface area (Å²) in [6.07, 6.45) is 0.841. The number of carbonyl (C=O) groups is 1. The molecule has 0 bridgehead atoms. The van der Waals surface area contributed by atoms with Crippen molar-refractivity contribution in [2.45, 2.75) is 13.5 Å². The van der Waals surface area contributed by atoms with Crippen molar-refractivity contribution < 1.29 is 9.90 Å². The van der Waals surface area contributed by atoms with E-state index in [1.807, 2.05) is 18.4 Å². The van der Waals surface area contributed by atoms with Crippen LogP contribution in [0.4, 0.5) is 0 Å². The lowest BCUT2D eigenvalue weighted by atomic mass is 10.1. The molecule has 0 radical (unpaired) electrons. The number of hydrogen-bond donors (Lipinski definition) is 1. The molecule has 0 atom stereocenters. The third kappa shape index (κ3) is 1.25. The monoisotopic (exact) mass is 206 g/mol. The Morgan fingerprint density at radius 1 is 1.50 bits per heavy atom. The van der Waals surface area contributed by atoms with Gasteiger partial charge in [-0.25, -0.2) is 0 Å². The summed E-state index contributed by atoms with van der Waals surface area (Å²) >= 11 is 1.58. The predicted octanol–water partition coefficient (Wildman–Crippen LogP) is 2.51. The first-order valence-electron chi connectivity index (χ1n) is 4.33. The number of aliphatic hydroxyl groups is 1. The fourth-order valence-corrected chi connectivity index (χ4v) is 2.66.